The summed E-state index contributed by atoms with van der Waals surface area (Å²) < 4.78 is 5.57. The van der Waals surface area contributed by atoms with Crippen LogP contribution >= 0.6 is 0 Å². The highest BCUT2D eigenvalue weighted by molar-refractivity contribution is 5.76. The molecule has 0 aromatic heterocycles. The second kappa shape index (κ2) is 8.66. The summed E-state index contributed by atoms with van der Waals surface area (Å²) in [6.45, 7) is 2.31. The van der Waals surface area contributed by atoms with E-state index < -0.39 is 0 Å². The molecule has 0 unspecified atom stereocenters. The fourth-order valence-corrected chi connectivity index (χ4v) is 4.29. The van der Waals surface area contributed by atoms with E-state index in [0.29, 0.717) is 6.42 Å². The molecule has 1 saturated carbocycles. The Bertz CT molecular complexity index is 502. The minimum Gasteiger partial charge on any atom is -0.381 e. The van der Waals surface area contributed by atoms with Crippen molar-refractivity contribution < 1.29 is 9.53 Å². The Labute approximate surface area is 146 Å². The van der Waals surface area contributed by atoms with Gasteiger partial charge in [0.1, 0.15) is 0 Å². The van der Waals surface area contributed by atoms with Gasteiger partial charge in [-0.05, 0) is 30.7 Å². The SMILES string of the molecule is O=C(CCC1CCCCC1)NCC1(c2ccccc2)CCOCC1. The number of hydrogen-bond donors (Lipinski definition) is 1. The Kier molecular flexibility index (Phi) is 6.30. The first-order valence-electron chi connectivity index (χ1n) is 9.68. The standard InChI is InChI=1S/C21H31NO2/c23-20(12-11-18-7-3-1-4-8-18)22-17-21(13-15-24-16-14-21)19-9-5-2-6-10-19/h2,5-6,9-10,18H,1,3-4,7-8,11-17H2,(H,22,23). The maximum absolute atomic E-state index is 12.4. The third-order valence-corrected chi connectivity index (χ3v) is 5.96. The normalized spacial score (nSPS) is 21.3. The van der Waals surface area contributed by atoms with E-state index in [-0.39, 0.29) is 11.3 Å². The minimum atomic E-state index is 0.0417. The van der Waals surface area contributed by atoms with E-state index in [9.17, 15) is 4.79 Å². The van der Waals surface area contributed by atoms with Gasteiger partial charge in [-0.25, -0.2) is 0 Å². The first kappa shape index (κ1) is 17.5. The van der Waals surface area contributed by atoms with E-state index in [1.807, 2.05) is 0 Å². The Hall–Kier alpha value is -1.35. The van der Waals surface area contributed by atoms with Gasteiger partial charge in [0.15, 0.2) is 0 Å². The molecular weight excluding hydrogens is 298 g/mol. The molecule has 0 bridgehead atoms. The molecule has 2 aliphatic rings. The summed E-state index contributed by atoms with van der Waals surface area (Å²) >= 11 is 0. The van der Waals surface area contributed by atoms with E-state index in [0.717, 1.165) is 44.9 Å². The van der Waals surface area contributed by atoms with Crippen LogP contribution in [0.3, 0.4) is 0 Å². The lowest BCUT2D eigenvalue weighted by atomic mass is 9.74. The van der Waals surface area contributed by atoms with Crippen LogP contribution in [0.2, 0.25) is 0 Å². The number of rotatable bonds is 6. The van der Waals surface area contributed by atoms with Crippen LogP contribution in [-0.2, 0) is 14.9 Å². The number of benzene rings is 1. The summed E-state index contributed by atoms with van der Waals surface area (Å²) in [6, 6.07) is 10.6. The van der Waals surface area contributed by atoms with Crippen molar-refractivity contribution in [3.8, 4) is 0 Å². The molecule has 2 fully saturated rings. The number of carbonyl (C=O) groups excluding carboxylic acids is 1. The van der Waals surface area contributed by atoms with Gasteiger partial charge in [0.25, 0.3) is 0 Å². The summed E-state index contributed by atoms with van der Waals surface area (Å²) in [4.78, 5) is 12.4. The molecule has 1 aromatic carbocycles. The topological polar surface area (TPSA) is 38.3 Å². The summed E-state index contributed by atoms with van der Waals surface area (Å²) in [7, 11) is 0. The lowest BCUT2D eigenvalue weighted by molar-refractivity contribution is -0.122. The molecule has 1 aliphatic carbocycles. The third kappa shape index (κ3) is 4.60. The zero-order valence-corrected chi connectivity index (χ0v) is 14.8. The molecule has 132 valence electrons. The van der Waals surface area contributed by atoms with Crippen molar-refractivity contribution in [2.24, 2.45) is 5.92 Å². The lowest BCUT2D eigenvalue weighted by Crippen LogP contribution is -2.44. The van der Waals surface area contributed by atoms with Gasteiger partial charge in [0.2, 0.25) is 5.91 Å². The Balaban J connectivity index is 1.52. The second-order valence-corrected chi connectivity index (χ2v) is 7.58. The minimum absolute atomic E-state index is 0.0417. The first-order chi connectivity index (χ1) is 11.8. The number of hydrogen-bond acceptors (Lipinski definition) is 2. The molecule has 0 radical (unpaired) electrons. The van der Waals surface area contributed by atoms with Gasteiger partial charge >= 0.3 is 0 Å². The monoisotopic (exact) mass is 329 g/mol. The van der Waals surface area contributed by atoms with Gasteiger partial charge in [-0.2, -0.15) is 0 Å². The number of nitrogens with one attached hydrogen (secondary N) is 1. The second-order valence-electron chi connectivity index (χ2n) is 7.58. The van der Waals surface area contributed by atoms with Crippen LogP contribution in [0.1, 0.15) is 63.4 Å². The molecule has 3 rings (SSSR count). The smallest absolute Gasteiger partial charge is 0.220 e. The highest BCUT2D eigenvalue weighted by Crippen LogP contribution is 2.34. The van der Waals surface area contributed by atoms with E-state index in [1.165, 1.54) is 37.7 Å². The first-order valence-corrected chi connectivity index (χ1v) is 9.68. The van der Waals surface area contributed by atoms with Crippen LogP contribution in [0.5, 0.6) is 0 Å². The van der Waals surface area contributed by atoms with Crippen molar-refractivity contribution in [1.82, 2.24) is 5.32 Å². The maximum atomic E-state index is 12.4. The Morgan fingerprint density at radius 1 is 1.08 bits per heavy atom. The van der Waals surface area contributed by atoms with Gasteiger partial charge in [-0.3, -0.25) is 4.79 Å². The van der Waals surface area contributed by atoms with Crippen molar-refractivity contribution in [1.29, 1.82) is 0 Å². The fraction of sp³-hybridized carbons (Fsp3) is 0.667. The molecule has 0 spiro atoms. The number of ether oxygens (including phenoxy) is 1. The highest BCUT2D eigenvalue weighted by atomic mass is 16.5. The van der Waals surface area contributed by atoms with Crippen molar-refractivity contribution in [2.45, 2.75) is 63.2 Å². The summed E-state index contributed by atoms with van der Waals surface area (Å²) in [5, 5.41) is 3.24. The summed E-state index contributed by atoms with van der Waals surface area (Å²) in [5.74, 6) is 0.998. The molecule has 1 saturated heterocycles. The van der Waals surface area contributed by atoms with Crippen LogP contribution in [0, 0.1) is 5.92 Å². The predicted octanol–water partition coefficient (Wildman–Crippen LogP) is 4.21. The molecule has 1 N–H and O–H groups in total. The average molecular weight is 329 g/mol. The summed E-state index contributed by atoms with van der Waals surface area (Å²) in [6.07, 6.45) is 10.4. The lowest BCUT2D eigenvalue weighted by Gasteiger charge is -2.38. The number of carbonyl (C=O) groups is 1. The fourth-order valence-electron chi connectivity index (χ4n) is 4.29. The summed E-state index contributed by atoms with van der Waals surface area (Å²) in [5.41, 5.74) is 1.38. The van der Waals surface area contributed by atoms with Crippen molar-refractivity contribution in [2.75, 3.05) is 19.8 Å². The van der Waals surface area contributed by atoms with Crippen molar-refractivity contribution in [3.63, 3.8) is 0 Å². The molecule has 24 heavy (non-hydrogen) atoms. The third-order valence-electron chi connectivity index (χ3n) is 5.96. The van der Waals surface area contributed by atoms with E-state index >= 15 is 0 Å². The van der Waals surface area contributed by atoms with Gasteiger partial charge in [0.05, 0.1) is 0 Å². The molecule has 3 nitrogen and oxygen atoms in total. The molecule has 3 heteroatoms. The van der Waals surface area contributed by atoms with Crippen LogP contribution in [0.15, 0.2) is 30.3 Å². The average Bonchev–Trinajstić information content (AvgIpc) is 2.67. The molecule has 1 amide bonds. The van der Waals surface area contributed by atoms with Crippen LogP contribution < -0.4 is 5.32 Å². The van der Waals surface area contributed by atoms with Gasteiger partial charge in [-0.1, -0.05) is 62.4 Å². The van der Waals surface area contributed by atoms with Gasteiger partial charge in [-0.15, -0.1) is 0 Å². The van der Waals surface area contributed by atoms with Crippen molar-refractivity contribution >= 4 is 5.91 Å². The quantitative estimate of drug-likeness (QED) is 0.849. The van der Waals surface area contributed by atoms with Crippen LogP contribution in [-0.4, -0.2) is 25.7 Å². The molecule has 1 aliphatic heterocycles. The maximum Gasteiger partial charge on any atom is 0.220 e. The van der Waals surface area contributed by atoms with Gasteiger partial charge in [0, 0.05) is 31.6 Å². The molecule has 1 aromatic rings. The zero-order chi connectivity index (χ0) is 16.7. The molecule has 0 atom stereocenters. The molecule has 1 heterocycles. The largest absolute Gasteiger partial charge is 0.381 e. The Morgan fingerprint density at radius 2 is 1.79 bits per heavy atom. The van der Waals surface area contributed by atoms with E-state index in [1.54, 1.807) is 0 Å². The van der Waals surface area contributed by atoms with E-state index in [4.69, 9.17) is 4.74 Å². The Morgan fingerprint density at radius 3 is 2.50 bits per heavy atom. The van der Waals surface area contributed by atoms with E-state index in [2.05, 4.69) is 35.6 Å². The van der Waals surface area contributed by atoms with Crippen LogP contribution in [0.4, 0.5) is 0 Å². The molecular formula is C21H31NO2. The number of amides is 1. The highest BCUT2D eigenvalue weighted by Gasteiger charge is 2.34. The van der Waals surface area contributed by atoms with Gasteiger partial charge < -0.3 is 10.1 Å². The van der Waals surface area contributed by atoms with Crippen LogP contribution in [0.25, 0.3) is 0 Å². The predicted molar refractivity (Wildman–Crippen MR) is 97.0 cm³/mol. The zero-order valence-electron chi connectivity index (χ0n) is 14.8. The van der Waals surface area contributed by atoms with Crippen molar-refractivity contribution in [3.05, 3.63) is 35.9 Å².